The van der Waals surface area contributed by atoms with Gasteiger partial charge in [-0.05, 0) is 74.0 Å². The Morgan fingerprint density at radius 2 is 1.83 bits per heavy atom. The van der Waals surface area contributed by atoms with Crippen molar-refractivity contribution in [1.29, 1.82) is 0 Å². The summed E-state index contributed by atoms with van der Waals surface area (Å²) in [5, 5.41) is 7.21. The minimum Gasteiger partial charge on any atom is -0.490 e. The van der Waals surface area contributed by atoms with Crippen LogP contribution < -0.4 is 20.1 Å². The summed E-state index contributed by atoms with van der Waals surface area (Å²) in [7, 11) is 0. The molecule has 1 amide bonds. The Morgan fingerprint density at radius 1 is 1.02 bits per heavy atom. The van der Waals surface area contributed by atoms with E-state index in [9.17, 15) is 9.18 Å². The van der Waals surface area contributed by atoms with Gasteiger partial charge in [0, 0.05) is 23.7 Å². The fourth-order valence-electron chi connectivity index (χ4n) is 4.63. The molecule has 0 bridgehead atoms. The van der Waals surface area contributed by atoms with E-state index in [2.05, 4.69) is 32.1 Å². The van der Waals surface area contributed by atoms with E-state index in [0.717, 1.165) is 25.2 Å². The number of fused-ring (bicyclic) bond motifs is 1. The van der Waals surface area contributed by atoms with Gasteiger partial charge in [-0.15, -0.1) is 0 Å². The lowest BCUT2D eigenvalue weighted by Crippen LogP contribution is -2.33. The largest absolute Gasteiger partial charge is 0.490 e. The van der Waals surface area contributed by atoms with Gasteiger partial charge in [-0.3, -0.25) is 9.69 Å². The maximum Gasteiger partial charge on any atom is 0.247 e. The molecular formula is C31H31ClFN5O3. The molecule has 3 aromatic carbocycles. The van der Waals surface area contributed by atoms with Crippen molar-refractivity contribution in [2.24, 2.45) is 0 Å². The minimum atomic E-state index is -0.348. The summed E-state index contributed by atoms with van der Waals surface area (Å²) in [5.74, 6) is 0.904. The molecule has 1 aliphatic rings. The molecule has 0 unspecified atom stereocenters. The second-order valence-corrected chi connectivity index (χ2v) is 10.1. The molecule has 2 N–H and O–H groups in total. The van der Waals surface area contributed by atoms with Crippen molar-refractivity contribution in [1.82, 2.24) is 14.9 Å². The molecular weight excluding hydrogens is 545 g/mol. The Bertz CT molecular complexity index is 1530. The van der Waals surface area contributed by atoms with Gasteiger partial charge in [0.15, 0.2) is 0 Å². The fourth-order valence-corrected chi connectivity index (χ4v) is 4.86. The van der Waals surface area contributed by atoms with Gasteiger partial charge in [-0.2, -0.15) is 0 Å². The van der Waals surface area contributed by atoms with Crippen LogP contribution in [-0.4, -0.2) is 47.0 Å². The summed E-state index contributed by atoms with van der Waals surface area (Å²) in [6, 6.07) is 15.0. The number of amides is 1. The monoisotopic (exact) mass is 575 g/mol. The molecule has 4 aromatic rings. The number of rotatable bonds is 11. The zero-order chi connectivity index (χ0) is 28.6. The van der Waals surface area contributed by atoms with E-state index < -0.39 is 0 Å². The van der Waals surface area contributed by atoms with Gasteiger partial charge in [-0.1, -0.05) is 36.7 Å². The van der Waals surface area contributed by atoms with Gasteiger partial charge >= 0.3 is 0 Å². The number of nitrogens with zero attached hydrogens (tertiary/aromatic N) is 3. The summed E-state index contributed by atoms with van der Waals surface area (Å²) in [6.45, 7) is 7.28. The summed E-state index contributed by atoms with van der Waals surface area (Å²) >= 11 is 6.49. The van der Waals surface area contributed by atoms with Crippen molar-refractivity contribution in [3.8, 4) is 11.5 Å². The number of benzene rings is 3. The van der Waals surface area contributed by atoms with Crippen molar-refractivity contribution < 1.29 is 18.7 Å². The molecule has 0 saturated carbocycles. The first kappa shape index (κ1) is 28.3. The van der Waals surface area contributed by atoms with E-state index in [1.807, 2.05) is 6.07 Å². The zero-order valence-corrected chi connectivity index (χ0v) is 23.3. The molecule has 0 atom stereocenters. The first-order valence-corrected chi connectivity index (χ1v) is 13.9. The first-order chi connectivity index (χ1) is 20.0. The summed E-state index contributed by atoms with van der Waals surface area (Å²) < 4.78 is 25.1. The lowest BCUT2D eigenvalue weighted by molar-refractivity contribution is -0.111. The Kier molecular flexibility index (Phi) is 9.28. The molecule has 41 heavy (non-hydrogen) atoms. The second kappa shape index (κ2) is 13.4. The number of hydrogen-bond donors (Lipinski definition) is 2. The maximum absolute atomic E-state index is 13.2. The minimum absolute atomic E-state index is 0.255. The van der Waals surface area contributed by atoms with Crippen LogP contribution in [0.1, 0.15) is 24.8 Å². The van der Waals surface area contributed by atoms with Gasteiger partial charge in [0.1, 0.15) is 42.7 Å². The van der Waals surface area contributed by atoms with Crippen LogP contribution in [-0.2, 0) is 11.4 Å². The van der Waals surface area contributed by atoms with E-state index >= 15 is 0 Å². The van der Waals surface area contributed by atoms with Gasteiger partial charge < -0.3 is 20.1 Å². The molecule has 0 aliphatic carbocycles. The van der Waals surface area contributed by atoms with Crippen LogP contribution in [0.25, 0.3) is 10.9 Å². The molecule has 0 spiro atoms. The smallest absolute Gasteiger partial charge is 0.247 e. The quantitative estimate of drug-likeness (QED) is 0.192. The van der Waals surface area contributed by atoms with Gasteiger partial charge in [0.05, 0.1) is 16.2 Å². The summed E-state index contributed by atoms with van der Waals surface area (Å²) in [5.41, 5.74) is 2.66. The van der Waals surface area contributed by atoms with E-state index in [1.165, 1.54) is 43.8 Å². The highest BCUT2D eigenvalue weighted by atomic mass is 35.5. The van der Waals surface area contributed by atoms with E-state index in [1.54, 1.807) is 36.4 Å². The van der Waals surface area contributed by atoms with Crippen LogP contribution >= 0.6 is 11.6 Å². The number of anilines is 3. The first-order valence-electron chi connectivity index (χ1n) is 13.5. The molecule has 1 saturated heterocycles. The Labute approximate surface area is 243 Å². The Morgan fingerprint density at radius 3 is 2.59 bits per heavy atom. The SMILES string of the molecule is C=CC(=O)Nc1cc2c(Nc3ccc(OCc4ccc(F)cc4)c(Cl)c3)ncnc2cc1OCCN1CCCCC1. The van der Waals surface area contributed by atoms with Crippen LogP contribution in [0, 0.1) is 5.82 Å². The van der Waals surface area contributed by atoms with Crippen molar-refractivity contribution in [3.63, 3.8) is 0 Å². The number of likely N-dealkylation sites (tertiary alicyclic amines) is 1. The Hall–Kier alpha value is -4.21. The van der Waals surface area contributed by atoms with Crippen LogP contribution in [0.5, 0.6) is 11.5 Å². The number of nitrogens with one attached hydrogen (secondary N) is 2. The molecule has 212 valence electrons. The molecule has 8 nitrogen and oxygen atoms in total. The molecule has 0 radical (unpaired) electrons. The maximum atomic E-state index is 13.2. The van der Waals surface area contributed by atoms with E-state index in [-0.39, 0.29) is 18.3 Å². The lowest BCUT2D eigenvalue weighted by atomic mass is 10.1. The number of carbonyl (C=O) groups excluding carboxylic acids is 1. The lowest BCUT2D eigenvalue weighted by Gasteiger charge is -2.26. The number of piperidine rings is 1. The predicted molar refractivity (Wildman–Crippen MR) is 160 cm³/mol. The molecule has 1 aromatic heterocycles. The zero-order valence-electron chi connectivity index (χ0n) is 22.5. The van der Waals surface area contributed by atoms with Crippen molar-refractivity contribution >= 4 is 45.6 Å². The van der Waals surface area contributed by atoms with E-state index in [0.29, 0.717) is 51.2 Å². The fraction of sp³-hybridized carbons (Fsp3) is 0.258. The number of aromatic nitrogens is 2. The molecule has 1 fully saturated rings. The molecule has 10 heteroatoms. The third-order valence-corrected chi connectivity index (χ3v) is 7.09. The predicted octanol–water partition coefficient (Wildman–Crippen LogP) is 6.73. The van der Waals surface area contributed by atoms with Crippen molar-refractivity contribution in [3.05, 3.63) is 90.0 Å². The number of carbonyl (C=O) groups is 1. The third kappa shape index (κ3) is 7.50. The van der Waals surface area contributed by atoms with Gasteiger partial charge in [-0.25, -0.2) is 14.4 Å². The highest BCUT2D eigenvalue weighted by Crippen LogP contribution is 2.35. The number of halogens is 2. The highest BCUT2D eigenvalue weighted by Gasteiger charge is 2.15. The topological polar surface area (TPSA) is 88.6 Å². The Balaban J connectivity index is 1.33. The summed E-state index contributed by atoms with van der Waals surface area (Å²) in [6.07, 6.45) is 6.37. The van der Waals surface area contributed by atoms with Crippen LogP contribution in [0.15, 0.2) is 73.6 Å². The van der Waals surface area contributed by atoms with Crippen LogP contribution in [0.2, 0.25) is 5.02 Å². The number of ether oxygens (including phenoxy) is 2. The molecule has 5 rings (SSSR count). The van der Waals surface area contributed by atoms with E-state index in [4.69, 9.17) is 21.1 Å². The highest BCUT2D eigenvalue weighted by molar-refractivity contribution is 6.32. The van der Waals surface area contributed by atoms with Gasteiger partial charge in [0.25, 0.3) is 0 Å². The van der Waals surface area contributed by atoms with Gasteiger partial charge in [0.2, 0.25) is 5.91 Å². The molecule has 1 aliphatic heterocycles. The summed E-state index contributed by atoms with van der Waals surface area (Å²) in [4.78, 5) is 23.5. The van der Waals surface area contributed by atoms with Crippen molar-refractivity contribution in [2.75, 3.05) is 36.9 Å². The molecule has 2 heterocycles. The third-order valence-electron chi connectivity index (χ3n) is 6.80. The normalized spacial score (nSPS) is 13.5. The second-order valence-electron chi connectivity index (χ2n) is 9.72. The van der Waals surface area contributed by atoms with Crippen molar-refractivity contribution in [2.45, 2.75) is 25.9 Å². The van der Waals surface area contributed by atoms with Crippen LogP contribution in [0.3, 0.4) is 0 Å². The standard InChI is InChI=1S/C31H31ClFN5O3/c1-2-30(39)37-27-17-24-26(18-29(27)40-15-14-38-12-4-3-5-13-38)34-20-35-31(24)36-23-10-11-28(25(32)16-23)41-19-21-6-8-22(33)9-7-21/h2,6-11,16-18,20H,1,3-5,12-15,19H2,(H,37,39)(H,34,35,36). The average Bonchev–Trinajstić information content (AvgIpc) is 2.98. The average molecular weight is 576 g/mol. The van der Waals surface area contributed by atoms with Crippen LogP contribution in [0.4, 0.5) is 21.6 Å². The number of hydrogen-bond acceptors (Lipinski definition) is 7.